The van der Waals surface area contributed by atoms with E-state index in [1.807, 2.05) is 44.2 Å². The molecule has 0 aliphatic heterocycles. The van der Waals surface area contributed by atoms with Gasteiger partial charge in [0.05, 0.1) is 6.21 Å². The number of amides is 2. The van der Waals surface area contributed by atoms with E-state index in [2.05, 4.69) is 36.3 Å². The number of aryl methyl sites for hydroxylation is 1. The number of carbonyl (C=O) groups is 2. The first kappa shape index (κ1) is 20.9. The van der Waals surface area contributed by atoms with E-state index in [9.17, 15) is 9.59 Å². The van der Waals surface area contributed by atoms with Crippen LogP contribution in [-0.2, 0) is 14.3 Å². The Labute approximate surface area is 166 Å². The molecule has 0 aliphatic rings. The van der Waals surface area contributed by atoms with Gasteiger partial charge in [-0.05, 0) is 44.5 Å². The third-order valence-electron chi connectivity index (χ3n) is 3.92. The molecule has 1 aromatic heterocycles. The minimum absolute atomic E-state index is 0.373. The first-order valence-electron chi connectivity index (χ1n) is 8.49. The Morgan fingerprint density at radius 2 is 2.04 bits per heavy atom. The van der Waals surface area contributed by atoms with E-state index in [-0.39, 0.29) is 0 Å². The summed E-state index contributed by atoms with van der Waals surface area (Å²) in [4.78, 5) is 23.4. The molecule has 2 amide bonds. The molecule has 0 saturated carbocycles. The second-order valence-electron chi connectivity index (χ2n) is 5.94. The van der Waals surface area contributed by atoms with Crippen molar-refractivity contribution in [1.82, 2.24) is 15.3 Å². The summed E-state index contributed by atoms with van der Waals surface area (Å²) in [5, 5.41) is 6.40. The summed E-state index contributed by atoms with van der Waals surface area (Å²) in [6, 6.07) is 9.95. The lowest BCUT2D eigenvalue weighted by Crippen LogP contribution is -2.38. The van der Waals surface area contributed by atoms with Crippen LogP contribution >= 0.6 is 15.9 Å². The van der Waals surface area contributed by atoms with Gasteiger partial charge in [-0.2, -0.15) is 5.10 Å². The van der Waals surface area contributed by atoms with Crippen LogP contribution in [0.2, 0.25) is 0 Å². The molecular formula is C19H23BrN4O3. The van der Waals surface area contributed by atoms with Crippen LogP contribution in [0.5, 0.6) is 0 Å². The number of hydrogen-bond donors (Lipinski definition) is 2. The summed E-state index contributed by atoms with van der Waals surface area (Å²) >= 11 is 3.48. The van der Waals surface area contributed by atoms with E-state index < -0.39 is 11.8 Å². The summed E-state index contributed by atoms with van der Waals surface area (Å²) in [6.07, 6.45) is 2.17. The summed E-state index contributed by atoms with van der Waals surface area (Å²) in [5.74, 6) is -1.52. The molecule has 144 valence electrons. The molecule has 2 aromatic rings. The highest BCUT2D eigenvalue weighted by Crippen LogP contribution is 2.22. The van der Waals surface area contributed by atoms with E-state index in [1.54, 1.807) is 7.11 Å². The van der Waals surface area contributed by atoms with Crippen molar-refractivity contribution in [2.45, 2.75) is 20.3 Å². The number of benzene rings is 1. The topological polar surface area (TPSA) is 84.7 Å². The number of carbonyl (C=O) groups excluding carboxylic acids is 2. The van der Waals surface area contributed by atoms with Crippen molar-refractivity contribution >= 4 is 34.0 Å². The zero-order valence-electron chi connectivity index (χ0n) is 15.6. The third-order valence-corrected chi connectivity index (χ3v) is 4.42. The van der Waals surface area contributed by atoms with Crippen LogP contribution in [0, 0.1) is 13.8 Å². The Bertz CT molecular complexity index is 845. The number of rotatable bonds is 7. The van der Waals surface area contributed by atoms with Crippen molar-refractivity contribution < 1.29 is 14.3 Å². The fraction of sp³-hybridized carbons (Fsp3) is 0.316. The van der Waals surface area contributed by atoms with Crippen LogP contribution in [0.4, 0.5) is 0 Å². The van der Waals surface area contributed by atoms with Crippen molar-refractivity contribution in [2.24, 2.45) is 5.10 Å². The molecule has 7 nitrogen and oxygen atoms in total. The Morgan fingerprint density at radius 1 is 1.26 bits per heavy atom. The molecular weight excluding hydrogens is 412 g/mol. The fourth-order valence-electron chi connectivity index (χ4n) is 2.64. The van der Waals surface area contributed by atoms with E-state index in [0.29, 0.717) is 19.6 Å². The first-order valence-corrected chi connectivity index (χ1v) is 9.28. The Kier molecular flexibility index (Phi) is 7.75. The van der Waals surface area contributed by atoms with Gasteiger partial charge in [0.1, 0.15) is 0 Å². The number of aromatic nitrogens is 1. The van der Waals surface area contributed by atoms with Gasteiger partial charge in [-0.15, -0.1) is 0 Å². The van der Waals surface area contributed by atoms with Gasteiger partial charge < -0.3 is 14.6 Å². The smallest absolute Gasteiger partial charge is 0.329 e. The number of ether oxygens (including phenoxy) is 1. The molecule has 0 spiro atoms. The largest absolute Gasteiger partial charge is 0.385 e. The maximum Gasteiger partial charge on any atom is 0.329 e. The van der Waals surface area contributed by atoms with Crippen LogP contribution in [-0.4, -0.2) is 42.9 Å². The van der Waals surface area contributed by atoms with Crippen molar-refractivity contribution in [2.75, 3.05) is 20.3 Å². The highest BCUT2D eigenvalue weighted by molar-refractivity contribution is 9.10. The van der Waals surface area contributed by atoms with Crippen molar-refractivity contribution in [3.05, 3.63) is 51.8 Å². The second kappa shape index (κ2) is 10.0. The number of nitrogens with one attached hydrogen (secondary N) is 2. The van der Waals surface area contributed by atoms with E-state index in [1.165, 1.54) is 6.21 Å². The molecule has 0 fully saturated rings. The van der Waals surface area contributed by atoms with Crippen molar-refractivity contribution in [3.8, 4) is 5.69 Å². The molecule has 0 unspecified atom stereocenters. The minimum Gasteiger partial charge on any atom is -0.385 e. The fourth-order valence-corrected chi connectivity index (χ4v) is 3.03. The van der Waals surface area contributed by atoms with Gasteiger partial charge in [-0.1, -0.05) is 22.0 Å². The van der Waals surface area contributed by atoms with Gasteiger partial charge in [0.15, 0.2) is 0 Å². The first-order chi connectivity index (χ1) is 12.9. The monoisotopic (exact) mass is 434 g/mol. The molecule has 0 radical (unpaired) electrons. The molecule has 0 atom stereocenters. The number of hydrazone groups is 1. The quantitative estimate of drug-likeness (QED) is 0.303. The predicted molar refractivity (Wildman–Crippen MR) is 108 cm³/mol. The molecule has 1 heterocycles. The average molecular weight is 435 g/mol. The van der Waals surface area contributed by atoms with Gasteiger partial charge >= 0.3 is 11.8 Å². The van der Waals surface area contributed by atoms with Crippen molar-refractivity contribution in [3.63, 3.8) is 0 Å². The molecule has 1 aromatic carbocycles. The van der Waals surface area contributed by atoms with Crippen molar-refractivity contribution in [1.29, 1.82) is 0 Å². The van der Waals surface area contributed by atoms with Crippen LogP contribution in [0.15, 0.2) is 39.9 Å². The molecule has 0 saturated heterocycles. The zero-order chi connectivity index (χ0) is 19.8. The SMILES string of the molecule is COCCCNC(=O)C(=O)N/N=C\c1cc(C)n(-c2cccc(Br)c2)c1C. The van der Waals surface area contributed by atoms with Crippen LogP contribution in [0.3, 0.4) is 0 Å². The van der Waals surface area contributed by atoms with Crippen LogP contribution in [0.1, 0.15) is 23.4 Å². The Balaban J connectivity index is 2.00. The second-order valence-corrected chi connectivity index (χ2v) is 6.86. The van der Waals surface area contributed by atoms with Gasteiger partial charge in [0.25, 0.3) is 0 Å². The maximum absolute atomic E-state index is 11.7. The molecule has 8 heteroatoms. The summed E-state index contributed by atoms with van der Waals surface area (Å²) in [7, 11) is 1.58. The minimum atomic E-state index is -0.801. The number of halogens is 1. The van der Waals surface area contributed by atoms with Gasteiger partial charge in [0, 0.05) is 47.4 Å². The van der Waals surface area contributed by atoms with E-state index in [4.69, 9.17) is 4.74 Å². The number of hydrogen-bond acceptors (Lipinski definition) is 4. The average Bonchev–Trinajstić information content (AvgIpc) is 2.92. The molecule has 2 N–H and O–H groups in total. The Hall–Kier alpha value is -2.45. The summed E-state index contributed by atoms with van der Waals surface area (Å²) < 4.78 is 7.97. The standard InChI is InChI=1S/C19H23BrN4O3/c1-13-10-15(14(2)24(13)17-7-4-6-16(20)11-17)12-22-23-19(26)18(25)21-8-5-9-27-3/h4,6-7,10-12H,5,8-9H2,1-3H3,(H,21,25)(H,23,26)/b22-12-. The normalized spacial score (nSPS) is 11.0. The van der Waals surface area contributed by atoms with E-state index >= 15 is 0 Å². The van der Waals surface area contributed by atoms with Gasteiger partial charge in [-0.25, -0.2) is 5.43 Å². The molecule has 2 rings (SSSR count). The lowest BCUT2D eigenvalue weighted by atomic mass is 10.2. The molecule has 0 bridgehead atoms. The summed E-state index contributed by atoms with van der Waals surface area (Å²) in [5.41, 5.74) is 6.14. The maximum atomic E-state index is 11.7. The lowest BCUT2D eigenvalue weighted by molar-refractivity contribution is -0.139. The predicted octanol–water partition coefficient (Wildman–Crippen LogP) is 2.46. The van der Waals surface area contributed by atoms with Gasteiger partial charge in [0.2, 0.25) is 0 Å². The highest BCUT2D eigenvalue weighted by atomic mass is 79.9. The summed E-state index contributed by atoms with van der Waals surface area (Å²) in [6.45, 7) is 4.86. The number of nitrogens with zero attached hydrogens (tertiary/aromatic N) is 2. The van der Waals surface area contributed by atoms with E-state index in [0.717, 1.165) is 27.1 Å². The van der Waals surface area contributed by atoms with Gasteiger partial charge in [-0.3, -0.25) is 9.59 Å². The zero-order valence-corrected chi connectivity index (χ0v) is 17.2. The number of methoxy groups -OCH3 is 1. The van der Waals surface area contributed by atoms with Crippen LogP contribution < -0.4 is 10.7 Å². The third kappa shape index (κ3) is 5.77. The molecule has 0 aliphatic carbocycles. The Morgan fingerprint density at radius 3 is 2.74 bits per heavy atom. The molecule has 27 heavy (non-hydrogen) atoms. The highest BCUT2D eigenvalue weighted by Gasteiger charge is 2.12. The van der Waals surface area contributed by atoms with Crippen LogP contribution in [0.25, 0.3) is 5.69 Å². The lowest BCUT2D eigenvalue weighted by Gasteiger charge is -2.09.